The third-order valence-electron chi connectivity index (χ3n) is 3.35. The van der Waals surface area contributed by atoms with Crippen LogP contribution in [0.1, 0.15) is 5.56 Å². The molecule has 0 saturated heterocycles. The fraction of sp³-hybridized carbons (Fsp3) is 0.188. The van der Waals surface area contributed by atoms with Crippen LogP contribution in [0.15, 0.2) is 53.4 Å². The van der Waals surface area contributed by atoms with Crippen LogP contribution in [0.4, 0.5) is 16.2 Å². The Morgan fingerprint density at radius 3 is 2.25 bits per heavy atom. The van der Waals surface area contributed by atoms with Crippen molar-refractivity contribution in [3.63, 3.8) is 0 Å². The summed E-state index contributed by atoms with van der Waals surface area (Å²) in [5, 5.41) is 13.3. The molecule has 2 rings (SSSR count). The molecular weight excluding hydrogens is 330 g/mol. The van der Waals surface area contributed by atoms with E-state index in [1.54, 1.807) is 25.4 Å². The van der Waals surface area contributed by atoms with Crippen molar-refractivity contribution < 1.29 is 13.9 Å². The van der Waals surface area contributed by atoms with Crippen molar-refractivity contribution in [3.05, 3.63) is 64.2 Å². The molecule has 0 bridgehead atoms. The molecular formula is C16H17N3O4S. The van der Waals surface area contributed by atoms with Crippen molar-refractivity contribution in [2.75, 3.05) is 18.6 Å². The maximum absolute atomic E-state index is 12.1. The van der Waals surface area contributed by atoms with Gasteiger partial charge < -0.3 is 10.2 Å². The smallest absolute Gasteiger partial charge is 0.321 e. The van der Waals surface area contributed by atoms with E-state index < -0.39 is 15.7 Å². The van der Waals surface area contributed by atoms with Crippen LogP contribution < -0.4 is 5.32 Å². The van der Waals surface area contributed by atoms with E-state index in [4.69, 9.17) is 0 Å². The third kappa shape index (κ3) is 4.63. The highest BCUT2D eigenvalue weighted by Crippen LogP contribution is 2.16. The van der Waals surface area contributed by atoms with Crippen LogP contribution in [0.5, 0.6) is 0 Å². The maximum atomic E-state index is 12.1. The highest BCUT2D eigenvalue weighted by atomic mass is 32.2. The number of nitrogens with one attached hydrogen (secondary N) is 1. The van der Waals surface area contributed by atoms with Gasteiger partial charge in [0.15, 0.2) is 0 Å². The summed E-state index contributed by atoms with van der Waals surface area (Å²) in [6.45, 7) is 0.384. The van der Waals surface area contributed by atoms with Gasteiger partial charge in [0.2, 0.25) is 0 Å². The Labute approximate surface area is 141 Å². The van der Waals surface area contributed by atoms with Gasteiger partial charge >= 0.3 is 6.03 Å². The number of non-ortho nitro benzene ring substituents is 1. The molecule has 0 spiro atoms. The monoisotopic (exact) mass is 347 g/mol. The van der Waals surface area contributed by atoms with Gasteiger partial charge in [-0.2, -0.15) is 0 Å². The van der Waals surface area contributed by atoms with Crippen LogP contribution in [0.3, 0.4) is 0 Å². The van der Waals surface area contributed by atoms with E-state index in [9.17, 15) is 19.1 Å². The van der Waals surface area contributed by atoms with Crippen LogP contribution in [-0.4, -0.2) is 33.4 Å². The summed E-state index contributed by atoms with van der Waals surface area (Å²) in [7, 11) is 0.614. The molecule has 0 aromatic heterocycles. The first-order chi connectivity index (χ1) is 11.4. The number of urea groups is 1. The topological polar surface area (TPSA) is 92.6 Å². The molecule has 0 radical (unpaired) electrons. The number of hydrogen-bond donors (Lipinski definition) is 1. The van der Waals surface area contributed by atoms with Crippen LogP contribution >= 0.6 is 0 Å². The molecule has 0 heterocycles. The summed E-state index contributed by atoms with van der Waals surface area (Å²) in [5.41, 5.74) is 1.36. The summed E-state index contributed by atoms with van der Waals surface area (Å²) >= 11 is 0. The minimum Gasteiger partial charge on any atom is -0.323 e. The molecule has 0 aliphatic rings. The van der Waals surface area contributed by atoms with Crippen LogP contribution in [0, 0.1) is 10.1 Å². The average molecular weight is 347 g/mol. The number of nitro groups is 1. The van der Waals surface area contributed by atoms with E-state index in [0.29, 0.717) is 12.2 Å². The first kappa shape index (κ1) is 17.6. The second-order valence-corrected chi connectivity index (χ2v) is 6.57. The minimum absolute atomic E-state index is 0.0326. The highest BCUT2D eigenvalue weighted by Gasteiger charge is 2.11. The fourth-order valence-electron chi connectivity index (χ4n) is 2.02. The standard InChI is InChI=1S/C16H17N3O4S/c1-18(11-12-3-9-15(10-4-12)24(2)23)16(20)17-13-5-7-14(8-6-13)19(21)22/h3-10H,11H2,1-2H3,(H,17,20)/t24-/m1/s1. The van der Waals surface area contributed by atoms with Crippen molar-refractivity contribution >= 4 is 28.2 Å². The lowest BCUT2D eigenvalue weighted by Gasteiger charge is -2.18. The molecule has 0 aliphatic heterocycles. The van der Waals surface area contributed by atoms with Gasteiger partial charge in [-0.3, -0.25) is 14.3 Å². The Balaban J connectivity index is 1.96. The van der Waals surface area contributed by atoms with Crippen LogP contribution in [-0.2, 0) is 17.3 Å². The Morgan fingerprint density at radius 2 is 1.75 bits per heavy atom. The van der Waals surface area contributed by atoms with Crippen molar-refractivity contribution in [2.24, 2.45) is 0 Å². The second kappa shape index (κ2) is 7.69. The number of hydrogen-bond acceptors (Lipinski definition) is 4. The molecule has 2 amide bonds. The normalized spacial score (nSPS) is 11.6. The van der Waals surface area contributed by atoms with Gasteiger partial charge in [-0.25, -0.2) is 4.79 Å². The molecule has 2 aromatic rings. The molecule has 7 nitrogen and oxygen atoms in total. The molecule has 0 saturated carbocycles. The summed E-state index contributed by atoms with van der Waals surface area (Å²) in [4.78, 5) is 24.5. The van der Waals surface area contributed by atoms with Gasteiger partial charge in [-0.1, -0.05) is 12.1 Å². The first-order valence-electron chi connectivity index (χ1n) is 7.06. The number of anilines is 1. The van der Waals surface area contributed by atoms with Crippen molar-refractivity contribution in [1.82, 2.24) is 4.90 Å². The van der Waals surface area contributed by atoms with Gasteiger partial charge in [-0.15, -0.1) is 0 Å². The molecule has 1 N–H and O–H groups in total. The minimum atomic E-state index is -1.03. The number of benzene rings is 2. The SMILES string of the molecule is CN(Cc1ccc([S@@](C)=O)cc1)C(=O)Nc1ccc([N+](=O)[O-])cc1. The zero-order valence-electron chi connectivity index (χ0n) is 13.3. The Kier molecular flexibility index (Phi) is 5.64. The quantitative estimate of drug-likeness (QED) is 0.665. The predicted octanol–water partition coefficient (Wildman–Crippen LogP) is 3.00. The lowest BCUT2D eigenvalue weighted by Crippen LogP contribution is -2.30. The van der Waals surface area contributed by atoms with Crippen molar-refractivity contribution in [3.8, 4) is 0 Å². The van der Waals surface area contributed by atoms with Gasteiger partial charge in [0.25, 0.3) is 5.69 Å². The third-order valence-corrected chi connectivity index (χ3v) is 4.29. The number of carbonyl (C=O) groups is 1. The number of rotatable bonds is 5. The van der Waals surface area contributed by atoms with Gasteiger partial charge in [0, 0.05) is 53.4 Å². The molecule has 0 aliphatic carbocycles. The van der Waals surface area contributed by atoms with E-state index in [1.165, 1.54) is 29.2 Å². The summed E-state index contributed by atoms with van der Waals surface area (Å²) in [6, 6.07) is 12.5. The molecule has 2 aromatic carbocycles. The van der Waals surface area contributed by atoms with E-state index in [0.717, 1.165) is 10.5 Å². The number of nitrogens with zero attached hydrogens (tertiary/aromatic N) is 2. The van der Waals surface area contributed by atoms with Crippen LogP contribution in [0.25, 0.3) is 0 Å². The zero-order chi connectivity index (χ0) is 17.7. The Morgan fingerprint density at radius 1 is 1.17 bits per heavy atom. The molecule has 8 heteroatoms. The molecule has 0 unspecified atom stereocenters. The highest BCUT2D eigenvalue weighted by molar-refractivity contribution is 7.84. The number of nitro benzene ring substituents is 1. The predicted molar refractivity (Wildman–Crippen MR) is 92.4 cm³/mol. The Hall–Kier alpha value is -2.74. The zero-order valence-corrected chi connectivity index (χ0v) is 14.1. The summed E-state index contributed by atoms with van der Waals surface area (Å²) in [6.07, 6.45) is 1.61. The summed E-state index contributed by atoms with van der Waals surface area (Å²) in [5.74, 6) is 0. The lowest BCUT2D eigenvalue weighted by molar-refractivity contribution is -0.384. The van der Waals surface area contributed by atoms with Gasteiger partial charge in [-0.05, 0) is 29.8 Å². The number of carbonyl (C=O) groups excluding carboxylic acids is 1. The molecule has 126 valence electrons. The maximum Gasteiger partial charge on any atom is 0.321 e. The first-order valence-corrected chi connectivity index (χ1v) is 8.61. The largest absolute Gasteiger partial charge is 0.323 e. The Bertz CT molecular complexity index is 760. The van der Waals surface area contributed by atoms with Crippen molar-refractivity contribution in [2.45, 2.75) is 11.4 Å². The average Bonchev–Trinajstić information content (AvgIpc) is 2.55. The fourth-order valence-corrected chi connectivity index (χ4v) is 2.54. The van der Waals surface area contributed by atoms with Gasteiger partial charge in [0.1, 0.15) is 0 Å². The van der Waals surface area contributed by atoms with E-state index in [-0.39, 0.29) is 11.7 Å². The van der Waals surface area contributed by atoms with Crippen molar-refractivity contribution in [1.29, 1.82) is 0 Å². The second-order valence-electron chi connectivity index (χ2n) is 5.19. The van der Waals surface area contributed by atoms with E-state index >= 15 is 0 Å². The number of amides is 2. The molecule has 0 fully saturated rings. The summed E-state index contributed by atoms with van der Waals surface area (Å²) < 4.78 is 11.4. The van der Waals surface area contributed by atoms with E-state index in [2.05, 4.69) is 5.32 Å². The van der Waals surface area contributed by atoms with Crippen LogP contribution in [0.2, 0.25) is 0 Å². The van der Waals surface area contributed by atoms with E-state index in [1.807, 2.05) is 12.1 Å². The molecule has 24 heavy (non-hydrogen) atoms. The lowest BCUT2D eigenvalue weighted by atomic mass is 10.2. The molecule has 1 atom stereocenters. The van der Waals surface area contributed by atoms with Gasteiger partial charge in [0.05, 0.1) is 4.92 Å².